The number of amides is 1. The molecule has 1 unspecified atom stereocenters. The molecule has 0 saturated carbocycles. The van der Waals surface area contributed by atoms with Gasteiger partial charge in [-0.2, -0.15) is 5.10 Å². The summed E-state index contributed by atoms with van der Waals surface area (Å²) < 4.78 is 0. The van der Waals surface area contributed by atoms with Crippen molar-refractivity contribution in [2.45, 2.75) is 13.0 Å². The lowest BCUT2D eigenvalue weighted by Gasteiger charge is -2.35. The van der Waals surface area contributed by atoms with Gasteiger partial charge in [-0.25, -0.2) is 0 Å². The molecule has 6 heteroatoms. The quantitative estimate of drug-likeness (QED) is 0.851. The number of rotatable bonds is 2. The van der Waals surface area contributed by atoms with Crippen LogP contribution in [-0.2, 0) is 0 Å². The molecule has 0 bridgehead atoms. The summed E-state index contributed by atoms with van der Waals surface area (Å²) in [6, 6.07) is 5.68. The van der Waals surface area contributed by atoms with E-state index in [-0.39, 0.29) is 11.9 Å². The number of carbonyl (C=O) groups excluding carboxylic acids is 1. The first-order valence-corrected chi connectivity index (χ1v) is 6.69. The molecular weight excluding hydrogens is 254 g/mol. The van der Waals surface area contributed by atoms with Crippen LogP contribution in [0.2, 0.25) is 0 Å². The maximum atomic E-state index is 12.6. The maximum Gasteiger partial charge on any atom is 0.274 e. The molecule has 1 amide bonds. The third-order valence-corrected chi connectivity index (χ3v) is 3.50. The van der Waals surface area contributed by atoms with Gasteiger partial charge in [0.1, 0.15) is 5.69 Å². The Kier molecular flexibility index (Phi) is 3.47. The first-order chi connectivity index (χ1) is 9.75. The van der Waals surface area contributed by atoms with Crippen molar-refractivity contribution < 1.29 is 4.79 Å². The topological polar surface area (TPSA) is 73.9 Å². The molecule has 104 valence electrons. The van der Waals surface area contributed by atoms with E-state index in [4.69, 9.17) is 0 Å². The van der Waals surface area contributed by atoms with E-state index in [0.29, 0.717) is 12.2 Å². The third-order valence-electron chi connectivity index (χ3n) is 3.50. The van der Waals surface area contributed by atoms with Crippen molar-refractivity contribution >= 4 is 5.91 Å². The van der Waals surface area contributed by atoms with Crippen LogP contribution in [0.1, 0.15) is 27.8 Å². The minimum absolute atomic E-state index is 0.00181. The van der Waals surface area contributed by atoms with Crippen LogP contribution < -0.4 is 5.32 Å². The zero-order valence-electron chi connectivity index (χ0n) is 11.3. The van der Waals surface area contributed by atoms with Gasteiger partial charge >= 0.3 is 0 Å². The highest BCUT2D eigenvalue weighted by molar-refractivity contribution is 5.92. The first kappa shape index (κ1) is 12.8. The number of carbonyl (C=O) groups is 1. The second kappa shape index (κ2) is 5.42. The third kappa shape index (κ3) is 2.42. The Labute approximate surface area is 117 Å². The summed E-state index contributed by atoms with van der Waals surface area (Å²) in [5.74, 6) is -0.0373. The van der Waals surface area contributed by atoms with Crippen molar-refractivity contribution in [3.8, 4) is 0 Å². The number of H-pyrrole nitrogens is 1. The van der Waals surface area contributed by atoms with E-state index >= 15 is 0 Å². The fourth-order valence-electron chi connectivity index (χ4n) is 2.49. The lowest BCUT2D eigenvalue weighted by atomic mass is 10.0. The fraction of sp³-hybridized carbons (Fsp3) is 0.357. The molecule has 2 aromatic rings. The highest BCUT2D eigenvalue weighted by atomic mass is 16.2. The number of aromatic amines is 1. The van der Waals surface area contributed by atoms with Gasteiger partial charge in [0.05, 0.1) is 6.04 Å². The van der Waals surface area contributed by atoms with Gasteiger partial charge in [-0.15, -0.1) is 0 Å². The number of piperazine rings is 1. The van der Waals surface area contributed by atoms with E-state index in [1.807, 2.05) is 30.2 Å². The summed E-state index contributed by atoms with van der Waals surface area (Å²) in [4.78, 5) is 18.6. The predicted molar refractivity (Wildman–Crippen MR) is 74.2 cm³/mol. The summed E-state index contributed by atoms with van der Waals surface area (Å²) in [5.41, 5.74) is 2.40. The van der Waals surface area contributed by atoms with Gasteiger partial charge in [0, 0.05) is 37.7 Å². The molecule has 0 aromatic carbocycles. The number of pyridine rings is 1. The molecule has 20 heavy (non-hydrogen) atoms. The van der Waals surface area contributed by atoms with Crippen LogP contribution in [0.5, 0.6) is 0 Å². The molecule has 0 spiro atoms. The summed E-state index contributed by atoms with van der Waals surface area (Å²) in [7, 11) is 0. The van der Waals surface area contributed by atoms with Gasteiger partial charge in [-0.1, -0.05) is 6.07 Å². The van der Waals surface area contributed by atoms with E-state index in [9.17, 15) is 4.79 Å². The Morgan fingerprint density at radius 1 is 1.50 bits per heavy atom. The zero-order chi connectivity index (χ0) is 13.9. The van der Waals surface area contributed by atoms with E-state index < -0.39 is 0 Å². The lowest BCUT2D eigenvalue weighted by molar-refractivity contribution is 0.0628. The smallest absolute Gasteiger partial charge is 0.274 e. The van der Waals surface area contributed by atoms with Gasteiger partial charge in [0.2, 0.25) is 0 Å². The lowest BCUT2D eigenvalue weighted by Crippen LogP contribution is -2.48. The van der Waals surface area contributed by atoms with E-state index in [0.717, 1.165) is 24.3 Å². The zero-order valence-corrected chi connectivity index (χ0v) is 11.3. The normalized spacial score (nSPS) is 19.1. The average Bonchev–Trinajstić information content (AvgIpc) is 2.94. The summed E-state index contributed by atoms with van der Waals surface area (Å²) in [6.45, 7) is 4.09. The Morgan fingerprint density at radius 2 is 2.40 bits per heavy atom. The summed E-state index contributed by atoms with van der Waals surface area (Å²) in [5, 5.41) is 10.2. The van der Waals surface area contributed by atoms with Crippen LogP contribution in [0.3, 0.4) is 0 Å². The van der Waals surface area contributed by atoms with Crippen LogP contribution in [0.15, 0.2) is 30.6 Å². The van der Waals surface area contributed by atoms with E-state index in [1.54, 1.807) is 12.3 Å². The number of nitrogens with zero attached hydrogens (tertiary/aromatic N) is 3. The van der Waals surface area contributed by atoms with E-state index in [1.165, 1.54) is 0 Å². The van der Waals surface area contributed by atoms with Crippen molar-refractivity contribution in [2.75, 3.05) is 19.6 Å². The molecule has 1 aliphatic rings. The number of nitrogens with one attached hydrogen (secondary N) is 2. The van der Waals surface area contributed by atoms with Crippen molar-refractivity contribution in [1.82, 2.24) is 25.4 Å². The van der Waals surface area contributed by atoms with Gasteiger partial charge in [0.15, 0.2) is 0 Å². The molecule has 2 aromatic heterocycles. The van der Waals surface area contributed by atoms with Crippen molar-refractivity contribution in [3.63, 3.8) is 0 Å². The highest BCUT2D eigenvalue weighted by Gasteiger charge is 2.29. The Hall–Kier alpha value is -2.21. The fourth-order valence-corrected chi connectivity index (χ4v) is 2.49. The number of aryl methyl sites for hydroxylation is 1. The Balaban J connectivity index is 1.87. The molecule has 3 rings (SSSR count). The summed E-state index contributed by atoms with van der Waals surface area (Å²) >= 11 is 0. The number of hydrogen-bond acceptors (Lipinski definition) is 4. The first-order valence-electron chi connectivity index (χ1n) is 6.69. The van der Waals surface area contributed by atoms with Gasteiger partial charge in [-0.05, 0) is 24.6 Å². The largest absolute Gasteiger partial charge is 0.328 e. The predicted octanol–water partition coefficient (Wildman–Crippen LogP) is 0.900. The molecule has 3 heterocycles. The molecule has 1 fully saturated rings. The van der Waals surface area contributed by atoms with Crippen LogP contribution >= 0.6 is 0 Å². The van der Waals surface area contributed by atoms with Crippen molar-refractivity contribution in [1.29, 1.82) is 0 Å². The molecular formula is C14H17N5O. The van der Waals surface area contributed by atoms with Crippen LogP contribution in [-0.4, -0.2) is 45.6 Å². The highest BCUT2D eigenvalue weighted by Crippen LogP contribution is 2.23. The molecule has 1 aliphatic heterocycles. The molecule has 1 saturated heterocycles. The Bertz CT molecular complexity index is 595. The van der Waals surface area contributed by atoms with Crippen LogP contribution in [0.25, 0.3) is 0 Å². The maximum absolute atomic E-state index is 12.6. The van der Waals surface area contributed by atoms with Gasteiger partial charge in [-0.3, -0.25) is 14.9 Å². The Morgan fingerprint density at radius 3 is 3.10 bits per heavy atom. The van der Waals surface area contributed by atoms with Crippen molar-refractivity contribution in [3.05, 3.63) is 47.5 Å². The van der Waals surface area contributed by atoms with Crippen LogP contribution in [0, 0.1) is 6.92 Å². The second-order valence-electron chi connectivity index (χ2n) is 4.94. The molecule has 0 aliphatic carbocycles. The van der Waals surface area contributed by atoms with Gasteiger partial charge < -0.3 is 10.2 Å². The monoisotopic (exact) mass is 271 g/mol. The van der Waals surface area contributed by atoms with Gasteiger partial charge in [0.25, 0.3) is 5.91 Å². The second-order valence-corrected chi connectivity index (χ2v) is 4.94. The average molecular weight is 271 g/mol. The molecule has 6 nitrogen and oxygen atoms in total. The number of aromatic nitrogens is 3. The molecule has 1 atom stereocenters. The van der Waals surface area contributed by atoms with Crippen LogP contribution in [0.4, 0.5) is 0 Å². The number of hydrogen-bond donors (Lipinski definition) is 2. The summed E-state index contributed by atoms with van der Waals surface area (Å²) in [6.07, 6.45) is 3.55. The molecule has 0 radical (unpaired) electrons. The minimum atomic E-state index is -0.0373. The molecule has 2 N–H and O–H groups in total. The standard InChI is InChI=1S/C14H17N5O/c1-10-7-12(18-17-10)14(20)19-6-5-16-9-13(19)11-3-2-4-15-8-11/h2-4,7-8,13,16H,5-6,9H2,1H3,(H,17,18). The van der Waals surface area contributed by atoms with Crippen molar-refractivity contribution in [2.24, 2.45) is 0 Å². The SMILES string of the molecule is Cc1cc(C(=O)N2CCNCC2c2cccnc2)n[nH]1. The van der Waals surface area contributed by atoms with E-state index in [2.05, 4.69) is 20.5 Å². The minimum Gasteiger partial charge on any atom is -0.328 e.